The monoisotopic (exact) mass is 407 g/mol. The Kier molecular flexibility index (Phi) is 6.19. The molecule has 0 aliphatic heterocycles. The van der Waals surface area contributed by atoms with Crippen molar-refractivity contribution in [2.45, 2.75) is 19.9 Å². The van der Waals surface area contributed by atoms with E-state index in [1.54, 1.807) is 13.2 Å². The summed E-state index contributed by atoms with van der Waals surface area (Å²) in [5, 5.41) is 3.86. The van der Waals surface area contributed by atoms with Crippen LogP contribution in [0.1, 0.15) is 28.6 Å². The molecular formula is C20H19ClFNO3S. The number of thiophene rings is 1. The van der Waals surface area contributed by atoms with Gasteiger partial charge in [0.1, 0.15) is 10.7 Å². The molecule has 0 aliphatic carbocycles. The molecular weight excluding hydrogens is 389 g/mol. The van der Waals surface area contributed by atoms with E-state index in [-0.39, 0.29) is 11.7 Å². The molecule has 0 aliphatic rings. The molecule has 3 aromatic rings. The Morgan fingerprint density at radius 1 is 1.22 bits per heavy atom. The van der Waals surface area contributed by atoms with E-state index in [2.05, 4.69) is 5.32 Å². The summed E-state index contributed by atoms with van der Waals surface area (Å²) in [7, 11) is 1.58. The van der Waals surface area contributed by atoms with Gasteiger partial charge in [0.05, 0.1) is 18.7 Å². The SMILES string of the molecule is CCCOc1ccc(CNC(=O)c2sc3cc(F)ccc3c2Cl)cc1OC. The van der Waals surface area contributed by atoms with Crippen molar-refractivity contribution in [2.75, 3.05) is 13.7 Å². The molecule has 27 heavy (non-hydrogen) atoms. The van der Waals surface area contributed by atoms with E-state index < -0.39 is 0 Å². The molecule has 1 N–H and O–H groups in total. The zero-order valence-corrected chi connectivity index (χ0v) is 16.5. The lowest BCUT2D eigenvalue weighted by atomic mass is 10.2. The first-order valence-electron chi connectivity index (χ1n) is 8.49. The number of amides is 1. The molecule has 142 valence electrons. The number of methoxy groups -OCH3 is 1. The van der Waals surface area contributed by atoms with E-state index >= 15 is 0 Å². The molecule has 4 nitrogen and oxygen atoms in total. The Hall–Kier alpha value is -2.31. The van der Waals surface area contributed by atoms with Crippen molar-refractivity contribution in [3.05, 3.63) is 57.7 Å². The minimum absolute atomic E-state index is 0.299. The molecule has 0 saturated heterocycles. The van der Waals surface area contributed by atoms with E-state index in [0.717, 1.165) is 12.0 Å². The highest BCUT2D eigenvalue weighted by Crippen LogP contribution is 2.35. The summed E-state index contributed by atoms with van der Waals surface area (Å²) in [6, 6.07) is 9.81. The third-order valence-corrected chi connectivity index (χ3v) is 5.60. The van der Waals surface area contributed by atoms with Crippen LogP contribution in [0, 0.1) is 5.82 Å². The number of hydrogen-bond acceptors (Lipinski definition) is 4. The van der Waals surface area contributed by atoms with Gasteiger partial charge in [-0.2, -0.15) is 0 Å². The summed E-state index contributed by atoms with van der Waals surface area (Å²) in [5.41, 5.74) is 0.868. The fourth-order valence-corrected chi connectivity index (χ4v) is 4.06. The van der Waals surface area contributed by atoms with Gasteiger partial charge >= 0.3 is 0 Å². The number of fused-ring (bicyclic) bond motifs is 1. The van der Waals surface area contributed by atoms with Gasteiger partial charge in [0.25, 0.3) is 5.91 Å². The average Bonchev–Trinajstić information content (AvgIpc) is 3.00. The van der Waals surface area contributed by atoms with Crippen LogP contribution in [0.2, 0.25) is 5.02 Å². The Balaban J connectivity index is 1.73. The minimum atomic E-state index is -0.357. The summed E-state index contributed by atoms with van der Waals surface area (Å²) in [5.74, 6) is 0.631. The highest BCUT2D eigenvalue weighted by molar-refractivity contribution is 7.21. The molecule has 2 aromatic carbocycles. The zero-order valence-electron chi connectivity index (χ0n) is 15.0. The van der Waals surface area contributed by atoms with Crippen molar-refractivity contribution in [1.29, 1.82) is 0 Å². The van der Waals surface area contributed by atoms with E-state index in [1.807, 2.05) is 25.1 Å². The number of rotatable bonds is 7. The van der Waals surface area contributed by atoms with Gasteiger partial charge in [-0.25, -0.2) is 4.39 Å². The summed E-state index contributed by atoms with van der Waals surface area (Å²) in [4.78, 5) is 12.9. The highest BCUT2D eigenvalue weighted by Gasteiger charge is 2.17. The van der Waals surface area contributed by atoms with Crippen molar-refractivity contribution in [3.8, 4) is 11.5 Å². The van der Waals surface area contributed by atoms with Crippen molar-refractivity contribution in [2.24, 2.45) is 0 Å². The van der Waals surface area contributed by atoms with Crippen molar-refractivity contribution in [1.82, 2.24) is 5.32 Å². The van der Waals surface area contributed by atoms with Crippen molar-refractivity contribution >= 4 is 38.9 Å². The highest BCUT2D eigenvalue weighted by atomic mass is 35.5. The third-order valence-electron chi connectivity index (χ3n) is 3.94. The maximum Gasteiger partial charge on any atom is 0.263 e. The van der Waals surface area contributed by atoms with Gasteiger partial charge in [0.2, 0.25) is 0 Å². The molecule has 1 aromatic heterocycles. The van der Waals surface area contributed by atoms with Gasteiger partial charge in [0.15, 0.2) is 11.5 Å². The molecule has 7 heteroatoms. The fraction of sp³-hybridized carbons (Fsp3) is 0.250. The van der Waals surface area contributed by atoms with Crippen LogP contribution >= 0.6 is 22.9 Å². The minimum Gasteiger partial charge on any atom is -0.493 e. The first kappa shape index (κ1) is 19.5. The average molecular weight is 408 g/mol. The molecule has 0 unspecified atom stereocenters. The Labute approximate surface area is 165 Å². The number of halogens is 2. The molecule has 0 saturated carbocycles. The predicted molar refractivity (Wildman–Crippen MR) is 107 cm³/mol. The number of benzene rings is 2. The summed E-state index contributed by atoms with van der Waals surface area (Å²) in [6.45, 7) is 2.95. The van der Waals surface area contributed by atoms with Gasteiger partial charge in [-0.1, -0.05) is 24.6 Å². The quantitative estimate of drug-likeness (QED) is 0.568. The summed E-state index contributed by atoms with van der Waals surface area (Å²) < 4.78 is 25.0. The van der Waals surface area contributed by atoms with E-state index in [4.69, 9.17) is 21.1 Å². The Morgan fingerprint density at radius 3 is 2.78 bits per heavy atom. The third kappa shape index (κ3) is 4.34. The van der Waals surface area contributed by atoms with Crippen LogP contribution in [0.4, 0.5) is 4.39 Å². The molecule has 0 bridgehead atoms. The van der Waals surface area contributed by atoms with E-state index in [1.165, 1.54) is 23.5 Å². The van der Waals surface area contributed by atoms with Gasteiger partial charge in [-0.15, -0.1) is 11.3 Å². The largest absolute Gasteiger partial charge is 0.493 e. The van der Waals surface area contributed by atoms with Gasteiger partial charge in [-0.05, 0) is 42.3 Å². The van der Waals surface area contributed by atoms with Crippen LogP contribution < -0.4 is 14.8 Å². The van der Waals surface area contributed by atoms with Crippen LogP contribution in [0.15, 0.2) is 36.4 Å². The second-order valence-electron chi connectivity index (χ2n) is 5.90. The van der Waals surface area contributed by atoms with E-state index in [9.17, 15) is 9.18 Å². The first-order chi connectivity index (χ1) is 13.0. The van der Waals surface area contributed by atoms with Gasteiger partial charge in [-0.3, -0.25) is 4.79 Å². The summed E-state index contributed by atoms with van der Waals surface area (Å²) >= 11 is 7.47. The Bertz CT molecular complexity index is 973. The van der Waals surface area contributed by atoms with Gasteiger partial charge in [0, 0.05) is 16.6 Å². The zero-order chi connectivity index (χ0) is 19.4. The van der Waals surface area contributed by atoms with Gasteiger partial charge < -0.3 is 14.8 Å². The Morgan fingerprint density at radius 2 is 2.04 bits per heavy atom. The molecule has 1 amide bonds. The van der Waals surface area contributed by atoms with Crippen LogP contribution in [-0.4, -0.2) is 19.6 Å². The molecule has 0 radical (unpaired) electrons. The second-order valence-corrected chi connectivity index (χ2v) is 7.33. The van der Waals surface area contributed by atoms with Crippen LogP contribution in [0.3, 0.4) is 0 Å². The topological polar surface area (TPSA) is 47.6 Å². The predicted octanol–water partition coefficient (Wildman–Crippen LogP) is 5.42. The number of carbonyl (C=O) groups is 1. The maximum absolute atomic E-state index is 13.4. The molecule has 0 fully saturated rings. The normalized spacial score (nSPS) is 10.8. The summed E-state index contributed by atoms with van der Waals surface area (Å²) in [6.07, 6.45) is 0.904. The number of carbonyl (C=O) groups excluding carboxylic acids is 1. The maximum atomic E-state index is 13.4. The molecule has 1 heterocycles. The first-order valence-corrected chi connectivity index (χ1v) is 9.68. The lowest BCUT2D eigenvalue weighted by Crippen LogP contribution is -2.22. The lowest BCUT2D eigenvalue weighted by Gasteiger charge is -2.12. The van der Waals surface area contributed by atoms with Crippen LogP contribution in [-0.2, 0) is 6.54 Å². The van der Waals surface area contributed by atoms with Crippen LogP contribution in [0.5, 0.6) is 11.5 Å². The number of nitrogens with one attached hydrogen (secondary N) is 1. The number of hydrogen-bond donors (Lipinski definition) is 1. The van der Waals surface area contributed by atoms with Crippen molar-refractivity contribution in [3.63, 3.8) is 0 Å². The smallest absolute Gasteiger partial charge is 0.263 e. The second kappa shape index (κ2) is 8.59. The molecule has 0 spiro atoms. The van der Waals surface area contributed by atoms with E-state index in [0.29, 0.717) is 44.6 Å². The van der Waals surface area contributed by atoms with Crippen molar-refractivity contribution < 1.29 is 18.7 Å². The molecule has 0 atom stereocenters. The molecule has 3 rings (SSSR count). The lowest BCUT2D eigenvalue weighted by molar-refractivity contribution is 0.0955. The van der Waals surface area contributed by atoms with Crippen LogP contribution in [0.25, 0.3) is 10.1 Å². The fourth-order valence-electron chi connectivity index (χ4n) is 2.60. The number of ether oxygens (including phenoxy) is 2. The standard InChI is InChI=1S/C20H19ClFNO3S/c1-3-8-26-15-7-4-12(9-16(15)25-2)11-23-20(24)19-18(21)14-6-5-13(22)10-17(14)27-19/h4-7,9-10H,3,8,11H2,1-2H3,(H,23,24).